The van der Waals surface area contributed by atoms with E-state index in [0.717, 1.165) is 15.6 Å². The maximum absolute atomic E-state index is 11.6. The van der Waals surface area contributed by atoms with Crippen molar-refractivity contribution in [1.82, 2.24) is 14.8 Å². The summed E-state index contributed by atoms with van der Waals surface area (Å²) in [7, 11) is 2.95. The van der Waals surface area contributed by atoms with Crippen molar-refractivity contribution in [2.45, 2.75) is 18.6 Å². The third kappa shape index (κ3) is 3.63. The van der Waals surface area contributed by atoms with Crippen LogP contribution in [0.4, 0.5) is 0 Å². The molecule has 0 unspecified atom stereocenters. The molecule has 21 heavy (non-hydrogen) atoms. The fraction of sp³-hybridized carbons (Fsp3) is 0.333. The Labute approximate surface area is 135 Å². The van der Waals surface area contributed by atoms with E-state index in [1.165, 1.54) is 11.7 Å². The van der Waals surface area contributed by atoms with Crippen LogP contribution in [-0.2, 0) is 20.3 Å². The molecule has 0 bridgehead atoms. The lowest BCUT2D eigenvalue weighted by Crippen LogP contribution is -2.11. The van der Waals surface area contributed by atoms with Gasteiger partial charge in [-0.05, 0) is 24.6 Å². The van der Waals surface area contributed by atoms with Gasteiger partial charge in [-0.25, -0.2) is 8.42 Å². The maximum atomic E-state index is 11.6. The first-order valence-corrected chi connectivity index (χ1v) is 9.08. The molecule has 6 nitrogen and oxygen atoms in total. The molecule has 0 atom stereocenters. The topological polar surface area (TPSA) is 74.1 Å². The Balaban J connectivity index is 2.60. The number of aromatic nitrogens is 3. The molecule has 1 heterocycles. The number of benzene rings is 1. The van der Waals surface area contributed by atoms with Gasteiger partial charge in [0.15, 0.2) is 5.82 Å². The lowest BCUT2D eigenvalue weighted by Gasteiger charge is -2.10. The third-order valence-electron chi connectivity index (χ3n) is 2.82. The number of halogens is 2. The minimum atomic E-state index is -3.98. The van der Waals surface area contributed by atoms with E-state index in [0.29, 0.717) is 12.4 Å². The number of hydrogen-bond donors (Lipinski definition) is 0. The summed E-state index contributed by atoms with van der Waals surface area (Å²) in [5.41, 5.74) is 1.80. The summed E-state index contributed by atoms with van der Waals surface area (Å²) in [5, 5.41) is 7.37. The molecule has 2 rings (SSSR count). The summed E-state index contributed by atoms with van der Waals surface area (Å²) < 4.78 is 30.4. The fourth-order valence-corrected chi connectivity index (χ4v) is 3.45. The third-order valence-corrected chi connectivity index (χ3v) is 4.63. The molecule has 114 valence electrons. The van der Waals surface area contributed by atoms with Crippen LogP contribution in [0.1, 0.15) is 5.56 Å². The first-order chi connectivity index (χ1) is 9.84. The van der Waals surface area contributed by atoms with Crippen LogP contribution in [0, 0.1) is 6.92 Å². The fourth-order valence-electron chi connectivity index (χ4n) is 1.85. The van der Waals surface area contributed by atoms with Crippen molar-refractivity contribution in [2.75, 3.05) is 13.7 Å². The SMILES string of the molecule is COCCn1c(-c2ccc(C)cc2Br)nnc1S(=O)(=O)Cl. The average molecular weight is 395 g/mol. The maximum Gasteiger partial charge on any atom is 0.296 e. The summed E-state index contributed by atoms with van der Waals surface area (Å²) in [4.78, 5) is 0. The zero-order valence-corrected chi connectivity index (χ0v) is 14.5. The zero-order chi connectivity index (χ0) is 15.6. The molecule has 0 fully saturated rings. The Morgan fingerprint density at radius 3 is 2.67 bits per heavy atom. The summed E-state index contributed by atoms with van der Waals surface area (Å²) in [6, 6.07) is 5.67. The van der Waals surface area contributed by atoms with Gasteiger partial charge >= 0.3 is 0 Å². The van der Waals surface area contributed by atoms with Gasteiger partial charge in [-0.1, -0.05) is 22.0 Å². The van der Waals surface area contributed by atoms with Gasteiger partial charge in [0.1, 0.15) is 0 Å². The first kappa shape index (κ1) is 16.4. The molecule has 0 saturated heterocycles. The lowest BCUT2D eigenvalue weighted by molar-refractivity contribution is 0.185. The van der Waals surface area contributed by atoms with Crippen LogP contribution in [0.25, 0.3) is 11.4 Å². The van der Waals surface area contributed by atoms with Crippen molar-refractivity contribution < 1.29 is 13.2 Å². The molecule has 1 aromatic heterocycles. The van der Waals surface area contributed by atoms with Crippen LogP contribution in [0.5, 0.6) is 0 Å². The molecule has 0 aliphatic carbocycles. The van der Waals surface area contributed by atoms with E-state index in [-0.39, 0.29) is 11.7 Å². The summed E-state index contributed by atoms with van der Waals surface area (Å²) in [6.45, 7) is 2.55. The van der Waals surface area contributed by atoms with E-state index in [4.69, 9.17) is 15.4 Å². The highest BCUT2D eigenvalue weighted by Gasteiger charge is 2.24. The van der Waals surface area contributed by atoms with Gasteiger partial charge < -0.3 is 4.74 Å². The van der Waals surface area contributed by atoms with Crippen molar-refractivity contribution in [2.24, 2.45) is 0 Å². The van der Waals surface area contributed by atoms with Crippen LogP contribution < -0.4 is 0 Å². The highest BCUT2D eigenvalue weighted by molar-refractivity contribution is 9.10. The van der Waals surface area contributed by atoms with Crippen LogP contribution in [0.15, 0.2) is 27.8 Å². The second kappa shape index (κ2) is 6.43. The Hall–Kier alpha value is -0.960. The first-order valence-electron chi connectivity index (χ1n) is 5.98. The predicted octanol–water partition coefficient (Wildman–Crippen LogP) is 2.59. The van der Waals surface area contributed by atoms with Gasteiger partial charge in [0.05, 0.1) is 13.2 Å². The van der Waals surface area contributed by atoms with E-state index in [9.17, 15) is 8.42 Å². The van der Waals surface area contributed by atoms with E-state index < -0.39 is 9.05 Å². The quantitative estimate of drug-likeness (QED) is 0.729. The number of hydrogen-bond acceptors (Lipinski definition) is 5. The van der Waals surface area contributed by atoms with Crippen LogP contribution in [0.2, 0.25) is 0 Å². The number of rotatable bonds is 5. The monoisotopic (exact) mass is 393 g/mol. The van der Waals surface area contributed by atoms with Gasteiger partial charge in [0.25, 0.3) is 14.2 Å². The van der Waals surface area contributed by atoms with E-state index in [1.807, 2.05) is 25.1 Å². The van der Waals surface area contributed by atoms with Crippen LogP contribution >= 0.6 is 26.6 Å². The molecular weight excluding hydrogens is 382 g/mol. The Bertz CT molecular complexity index is 761. The highest BCUT2D eigenvalue weighted by atomic mass is 79.9. The smallest absolute Gasteiger partial charge is 0.296 e. The zero-order valence-electron chi connectivity index (χ0n) is 11.4. The minimum Gasteiger partial charge on any atom is -0.383 e. The molecule has 0 saturated carbocycles. The van der Waals surface area contributed by atoms with Crippen LogP contribution in [-0.4, -0.2) is 36.9 Å². The molecule has 0 aliphatic rings. The van der Waals surface area contributed by atoms with Crippen molar-refractivity contribution >= 4 is 35.7 Å². The normalized spacial score (nSPS) is 11.8. The van der Waals surface area contributed by atoms with Crippen molar-refractivity contribution in [3.8, 4) is 11.4 Å². The van der Waals surface area contributed by atoms with E-state index >= 15 is 0 Å². The lowest BCUT2D eigenvalue weighted by atomic mass is 10.1. The standard InChI is InChI=1S/C12H13BrClN3O3S/c1-8-3-4-9(10(13)7-8)11-15-16-12(21(14,18)19)17(11)5-6-20-2/h3-4,7H,5-6H2,1-2H3. The molecule has 0 radical (unpaired) electrons. The number of nitrogens with zero attached hydrogens (tertiary/aromatic N) is 3. The van der Waals surface area contributed by atoms with E-state index in [2.05, 4.69) is 26.1 Å². The van der Waals surface area contributed by atoms with Gasteiger partial charge in [-0.3, -0.25) is 4.57 Å². The number of methoxy groups -OCH3 is 1. The van der Waals surface area contributed by atoms with Crippen molar-refractivity contribution in [3.05, 3.63) is 28.2 Å². The molecule has 0 aliphatic heterocycles. The second-order valence-corrected chi connectivity index (χ2v) is 7.69. The molecule has 0 amide bonds. The van der Waals surface area contributed by atoms with Gasteiger partial charge in [0, 0.05) is 27.8 Å². The summed E-state index contributed by atoms with van der Waals surface area (Å²) in [5.74, 6) is 0.415. The number of ether oxygens (including phenoxy) is 1. The number of aryl methyl sites for hydroxylation is 1. The second-order valence-electron chi connectivity index (χ2n) is 4.37. The van der Waals surface area contributed by atoms with Crippen LogP contribution in [0.3, 0.4) is 0 Å². The molecule has 0 spiro atoms. The summed E-state index contributed by atoms with van der Waals surface area (Å²) in [6.07, 6.45) is 0. The van der Waals surface area contributed by atoms with Gasteiger partial charge in [0.2, 0.25) is 0 Å². The Morgan fingerprint density at radius 2 is 2.10 bits per heavy atom. The predicted molar refractivity (Wildman–Crippen MR) is 82.8 cm³/mol. The molecule has 9 heteroatoms. The summed E-state index contributed by atoms with van der Waals surface area (Å²) >= 11 is 3.45. The Kier molecular flexibility index (Phi) is 5.03. The Morgan fingerprint density at radius 1 is 1.38 bits per heavy atom. The minimum absolute atomic E-state index is 0.278. The largest absolute Gasteiger partial charge is 0.383 e. The van der Waals surface area contributed by atoms with Crippen molar-refractivity contribution in [1.29, 1.82) is 0 Å². The van der Waals surface area contributed by atoms with Gasteiger partial charge in [-0.15, -0.1) is 10.2 Å². The highest BCUT2D eigenvalue weighted by Crippen LogP contribution is 2.29. The molecule has 2 aromatic rings. The van der Waals surface area contributed by atoms with E-state index in [1.54, 1.807) is 0 Å². The molecule has 1 aromatic carbocycles. The van der Waals surface area contributed by atoms with Crippen molar-refractivity contribution in [3.63, 3.8) is 0 Å². The van der Waals surface area contributed by atoms with Gasteiger partial charge in [-0.2, -0.15) is 0 Å². The molecular formula is C12H13BrClN3O3S. The molecule has 0 N–H and O–H groups in total. The average Bonchev–Trinajstić information content (AvgIpc) is 2.79.